The van der Waals surface area contributed by atoms with Gasteiger partial charge in [0.15, 0.2) is 0 Å². The van der Waals surface area contributed by atoms with Crippen LogP contribution in [0.1, 0.15) is 43.1 Å². The van der Waals surface area contributed by atoms with Gasteiger partial charge in [0.1, 0.15) is 12.3 Å². The van der Waals surface area contributed by atoms with Gasteiger partial charge in [-0.25, -0.2) is 4.68 Å². The highest BCUT2D eigenvalue weighted by atomic mass is 19.4. The van der Waals surface area contributed by atoms with Crippen molar-refractivity contribution in [2.75, 3.05) is 0 Å². The lowest BCUT2D eigenvalue weighted by molar-refractivity contribution is -0.274. The number of alkyl halides is 3. The minimum atomic E-state index is -4.77. The van der Waals surface area contributed by atoms with Crippen molar-refractivity contribution >= 4 is 16.8 Å². The van der Waals surface area contributed by atoms with E-state index in [4.69, 9.17) is 0 Å². The lowest BCUT2D eigenvalue weighted by Gasteiger charge is -2.16. The third kappa shape index (κ3) is 4.54. The van der Waals surface area contributed by atoms with Crippen LogP contribution in [-0.2, 0) is 11.3 Å². The average Bonchev–Trinajstić information content (AvgIpc) is 3.42. The molecule has 0 saturated heterocycles. The lowest BCUT2D eigenvalue weighted by Crippen LogP contribution is -2.35. The van der Waals surface area contributed by atoms with Crippen molar-refractivity contribution in [1.29, 1.82) is 0 Å². The molecule has 0 aliphatic heterocycles. The predicted octanol–water partition coefficient (Wildman–Crippen LogP) is 3.01. The van der Waals surface area contributed by atoms with Crippen molar-refractivity contribution in [3.05, 3.63) is 52.1 Å². The maximum absolute atomic E-state index is 12.7. The third-order valence-electron chi connectivity index (χ3n) is 5.05. The highest BCUT2D eigenvalue weighted by molar-refractivity contribution is 5.80. The number of rotatable bonds is 6. The molecule has 0 spiro atoms. The number of carbonyl (C=O) groups is 1. The first kappa shape index (κ1) is 20.9. The molecule has 2 aromatic heterocycles. The number of amides is 1. The first-order chi connectivity index (χ1) is 14.6. The summed E-state index contributed by atoms with van der Waals surface area (Å²) in [5, 5.41) is 11.7. The molecule has 1 aliphatic rings. The standard InChI is InChI=1S/C20H20F3N5O3/c1-11(13-3-7-15(8-4-13)31-20(21,22)23)25-17(29)10-27-19(30)16-9-24-28(14-5-6-14)18(16)12(2)26-27/h3-4,7-9,11,14H,5-6,10H2,1-2H3,(H,25,29). The minimum absolute atomic E-state index is 0.288. The van der Waals surface area contributed by atoms with Crippen LogP contribution < -0.4 is 15.6 Å². The van der Waals surface area contributed by atoms with Gasteiger partial charge >= 0.3 is 6.36 Å². The number of aromatic nitrogens is 4. The van der Waals surface area contributed by atoms with E-state index in [1.54, 1.807) is 13.8 Å². The van der Waals surface area contributed by atoms with Crippen LogP contribution in [-0.4, -0.2) is 31.8 Å². The van der Waals surface area contributed by atoms with Crippen LogP contribution in [0.25, 0.3) is 10.9 Å². The number of fused-ring (bicyclic) bond motifs is 1. The van der Waals surface area contributed by atoms with E-state index in [0.717, 1.165) is 17.5 Å². The molecule has 3 aromatic rings. The van der Waals surface area contributed by atoms with Gasteiger partial charge < -0.3 is 10.1 Å². The van der Waals surface area contributed by atoms with Gasteiger partial charge in [-0.3, -0.25) is 14.3 Å². The monoisotopic (exact) mass is 435 g/mol. The van der Waals surface area contributed by atoms with E-state index >= 15 is 0 Å². The summed E-state index contributed by atoms with van der Waals surface area (Å²) in [4.78, 5) is 25.2. The van der Waals surface area contributed by atoms with E-state index in [0.29, 0.717) is 28.2 Å². The van der Waals surface area contributed by atoms with E-state index < -0.39 is 23.9 Å². The molecule has 4 rings (SSSR count). The first-order valence-electron chi connectivity index (χ1n) is 9.72. The molecule has 11 heteroatoms. The summed E-state index contributed by atoms with van der Waals surface area (Å²) in [7, 11) is 0. The molecule has 0 radical (unpaired) electrons. The summed E-state index contributed by atoms with van der Waals surface area (Å²) in [5.74, 6) is -0.799. The van der Waals surface area contributed by atoms with Crippen LogP contribution in [0.5, 0.6) is 5.75 Å². The fourth-order valence-electron chi connectivity index (χ4n) is 3.46. The molecule has 1 fully saturated rings. The number of hydrogen-bond donors (Lipinski definition) is 1. The van der Waals surface area contributed by atoms with Crippen LogP contribution in [0.2, 0.25) is 0 Å². The molecule has 1 aliphatic carbocycles. The van der Waals surface area contributed by atoms with Crippen LogP contribution in [0.15, 0.2) is 35.3 Å². The van der Waals surface area contributed by atoms with E-state index in [-0.39, 0.29) is 12.3 Å². The fourth-order valence-corrected chi connectivity index (χ4v) is 3.46. The number of nitrogens with one attached hydrogen (secondary N) is 1. The third-order valence-corrected chi connectivity index (χ3v) is 5.05. The van der Waals surface area contributed by atoms with Gasteiger partial charge in [-0.15, -0.1) is 13.2 Å². The summed E-state index contributed by atoms with van der Waals surface area (Å²) in [6, 6.07) is 5.01. The molecule has 1 amide bonds. The molecule has 1 atom stereocenters. The Morgan fingerprint density at radius 2 is 1.97 bits per heavy atom. The number of nitrogens with zero attached hydrogens (tertiary/aromatic N) is 4. The maximum Gasteiger partial charge on any atom is 0.573 e. The number of halogens is 3. The topological polar surface area (TPSA) is 91.0 Å². The van der Waals surface area contributed by atoms with Gasteiger partial charge in [-0.1, -0.05) is 12.1 Å². The second-order valence-corrected chi connectivity index (χ2v) is 7.54. The van der Waals surface area contributed by atoms with E-state index in [2.05, 4.69) is 20.3 Å². The number of carbonyl (C=O) groups excluding carboxylic acids is 1. The molecule has 0 bridgehead atoms. The molecule has 31 heavy (non-hydrogen) atoms. The van der Waals surface area contributed by atoms with E-state index in [1.807, 2.05) is 4.68 Å². The molecule has 1 saturated carbocycles. The fraction of sp³-hybridized carbons (Fsp3) is 0.400. The largest absolute Gasteiger partial charge is 0.573 e. The van der Waals surface area contributed by atoms with Crippen molar-refractivity contribution in [2.24, 2.45) is 0 Å². The van der Waals surface area contributed by atoms with Crippen LogP contribution in [0.3, 0.4) is 0 Å². The number of benzene rings is 1. The highest BCUT2D eigenvalue weighted by Crippen LogP contribution is 2.36. The Balaban J connectivity index is 1.45. The summed E-state index contributed by atoms with van der Waals surface area (Å²) in [6.07, 6.45) is -1.23. The summed E-state index contributed by atoms with van der Waals surface area (Å²) in [5.41, 5.74) is 1.49. The zero-order valence-electron chi connectivity index (χ0n) is 16.8. The summed E-state index contributed by atoms with van der Waals surface area (Å²) >= 11 is 0. The molecule has 2 heterocycles. The lowest BCUT2D eigenvalue weighted by atomic mass is 10.1. The van der Waals surface area contributed by atoms with Crippen molar-refractivity contribution in [2.45, 2.75) is 51.7 Å². The first-order valence-corrected chi connectivity index (χ1v) is 9.72. The van der Waals surface area contributed by atoms with Crippen LogP contribution in [0.4, 0.5) is 13.2 Å². The predicted molar refractivity (Wildman–Crippen MR) is 104 cm³/mol. The van der Waals surface area contributed by atoms with Crippen LogP contribution in [0, 0.1) is 6.92 Å². The molecule has 1 N–H and O–H groups in total. The Labute approximate surface area is 174 Å². The van der Waals surface area contributed by atoms with E-state index in [1.165, 1.54) is 30.5 Å². The highest BCUT2D eigenvalue weighted by Gasteiger charge is 2.31. The SMILES string of the molecule is Cc1nn(CC(=O)NC(C)c2ccc(OC(F)(F)F)cc2)c(=O)c2cnn(C3CC3)c12. The Hall–Kier alpha value is -3.37. The number of ether oxygens (including phenoxy) is 1. The van der Waals surface area contributed by atoms with Gasteiger partial charge in [0.25, 0.3) is 5.56 Å². The number of hydrogen-bond acceptors (Lipinski definition) is 5. The molecule has 8 nitrogen and oxygen atoms in total. The zero-order valence-corrected chi connectivity index (χ0v) is 16.8. The van der Waals surface area contributed by atoms with Gasteiger partial charge in [-0.05, 0) is 44.4 Å². The van der Waals surface area contributed by atoms with Crippen molar-refractivity contribution in [3.8, 4) is 5.75 Å². The van der Waals surface area contributed by atoms with Gasteiger partial charge in [-0.2, -0.15) is 10.2 Å². The Morgan fingerprint density at radius 1 is 1.29 bits per heavy atom. The quantitative estimate of drug-likeness (QED) is 0.643. The van der Waals surface area contributed by atoms with Crippen molar-refractivity contribution in [3.63, 3.8) is 0 Å². The Bertz CT molecular complexity index is 1180. The maximum atomic E-state index is 12.7. The number of aryl methyl sites for hydroxylation is 1. The second-order valence-electron chi connectivity index (χ2n) is 7.54. The average molecular weight is 435 g/mol. The minimum Gasteiger partial charge on any atom is -0.406 e. The molecular weight excluding hydrogens is 415 g/mol. The summed E-state index contributed by atoms with van der Waals surface area (Å²) < 4.78 is 43.5. The Morgan fingerprint density at radius 3 is 2.58 bits per heavy atom. The van der Waals surface area contributed by atoms with Crippen molar-refractivity contribution < 1.29 is 22.7 Å². The zero-order chi connectivity index (χ0) is 22.3. The van der Waals surface area contributed by atoms with Crippen LogP contribution >= 0.6 is 0 Å². The molecule has 164 valence electrons. The molecule has 1 aromatic carbocycles. The van der Waals surface area contributed by atoms with Gasteiger partial charge in [0.2, 0.25) is 5.91 Å². The van der Waals surface area contributed by atoms with Gasteiger partial charge in [0, 0.05) is 0 Å². The van der Waals surface area contributed by atoms with Crippen molar-refractivity contribution in [1.82, 2.24) is 24.9 Å². The molecule has 1 unspecified atom stereocenters. The van der Waals surface area contributed by atoms with Gasteiger partial charge in [0.05, 0.1) is 34.9 Å². The van der Waals surface area contributed by atoms with E-state index in [9.17, 15) is 22.8 Å². The smallest absolute Gasteiger partial charge is 0.406 e. The summed E-state index contributed by atoms with van der Waals surface area (Å²) in [6.45, 7) is 3.16. The molecular formula is C20H20F3N5O3. The Kier molecular flexibility index (Phi) is 5.19. The second kappa shape index (κ2) is 7.71. The normalized spacial score (nSPS) is 15.1.